The van der Waals surface area contributed by atoms with Crippen LogP contribution in [-0.2, 0) is 0 Å². The number of likely N-dealkylation sites (N-methyl/N-ethyl adjacent to an activating group) is 1. The number of aromatic nitrogens is 2. The Bertz CT molecular complexity index is 358. The SMILES string of the molecule is CCNCC1CCCCN1c1ncncc1Br. The fraction of sp³-hybridized carbons (Fsp3) is 0.667. The minimum absolute atomic E-state index is 0.551. The molecule has 1 aromatic rings. The van der Waals surface area contributed by atoms with E-state index in [1.165, 1.54) is 19.3 Å². The molecule has 1 N–H and O–H groups in total. The van der Waals surface area contributed by atoms with Crippen LogP contribution >= 0.6 is 15.9 Å². The van der Waals surface area contributed by atoms with Gasteiger partial charge in [0.2, 0.25) is 0 Å². The first-order valence-electron chi connectivity index (χ1n) is 6.25. The smallest absolute Gasteiger partial charge is 0.146 e. The summed E-state index contributed by atoms with van der Waals surface area (Å²) in [7, 11) is 0. The molecular weight excluding hydrogens is 280 g/mol. The summed E-state index contributed by atoms with van der Waals surface area (Å²) in [5, 5.41) is 3.44. The predicted molar refractivity (Wildman–Crippen MR) is 73.3 cm³/mol. The summed E-state index contributed by atoms with van der Waals surface area (Å²) in [4.78, 5) is 10.8. The Hall–Kier alpha value is -0.680. The van der Waals surface area contributed by atoms with Gasteiger partial charge in [0.15, 0.2) is 0 Å². The van der Waals surface area contributed by atoms with Crippen LogP contribution in [0.3, 0.4) is 0 Å². The Morgan fingerprint density at radius 1 is 1.53 bits per heavy atom. The number of rotatable bonds is 4. The summed E-state index contributed by atoms with van der Waals surface area (Å²) >= 11 is 3.54. The van der Waals surface area contributed by atoms with Crippen molar-refractivity contribution < 1.29 is 0 Å². The normalized spacial score (nSPS) is 20.6. The summed E-state index contributed by atoms with van der Waals surface area (Å²) in [6, 6.07) is 0.551. The molecule has 2 heterocycles. The molecule has 0 radical (unpaired) electrons. The lowest BCUT2D eigenvalue weighted by Gasteiger charge is -2.37. The maximum Gasteiger partial charge on any atom is 0.146 e. The van der Waals surface area contributed by atoms with E-state index in [0.717, 1.165) is 29.9 Å². The first-order valence-corrected chi connectivity index (χ1v) is 7.05. The molecule has 1 saturated heterocycles. The van der Waals surface area contributed by atoms with Crippen LogP contribution in [0.15, 0.2) is 17.0 Å². The molecule has 2 rings (SSSR count). The van der Waals surface area contributed by atoms with E-state index in [0.29, 0.717) is 6.04 Å². The lowest BCUT2D eigenvalue weighted by molar-refractivity contribution is 0.435. The van der Waals surface area contributed by atoms with E-state index < -0.39 is 0 Å². The fourth-order valence-corrected chi connectivity index (χ4v) is 2.77. The van der Waals surface area contributed by atoms with E-state index >= 15 is 0 Å². The lowest BCUT2D eigenvalue weighted by atomic mass is 10.0. The van der Waals surface area contributed by atoms with Crippen molar-refractivity contribution >= 4 is 21.7 Å². The second-order valence-corrected chi connectivity index (χ2v) is 5.20. The molecule has 94 valence electrons. The van der Waals surface area contributed by atoms with Crippen LogP contribution < -0.4 is 10.2 Å². The van der Waals surface area contributed by atoms with Crippen LogP contribution in [0, 0.1) is 0 Å². The summed E-state index contributed by atoms with van der Waals surface area (Å²) in [6.45, 7) is 5.29. The molecule has 1 fully saturated rings. The highest BCUT2D eigenvalue weighted by atomic mass is 79.9. The zero-order valence-corrected chi connectivity index (χ0v) is 11.8. The summed E-state index contributed by atoms with van der Waals surface area (Å²) < 4.78 is 0.989. The van der Waals surface area contributed by atoms with Gasteiger partial charge in [-0.3, -0.25) is 0 Å². The topological polar surface area (TPSA) is 41.0 Å². The van der Waals surface area contributed by atoms with Gasteiger partial charge < -0.3 is 10.2 Å². The molecule has 5 heteroatoms. The quantitative estimate of drug-likeness (QED) is 0.925. The van der Waals surface area contributed by atoms with Gasteiger partial charge in [-0.2, -0.15) is 0 Å². The maximum atomic E-state index is 4.40. The molecule has 0 aromatic carbocycles. The Morgan fingerprint density at radius 2 is 2.41 bits per heavy atom. The average molecular weight is 299 g/mol. The number of hydrogen-bond acceptors (Lipinski definition) is 4. The summed E-state index contributed by atoms with van der Waals surface area (Å²) in [5.74, 6) is 1.03. The first-order chi connectivity index (χ1) is 8.33. The van der Waals surface area contributed by atoms with Gasteiger partial charge >= 0.3 is 0 Å². The van der Waals surface area contributed by atoms with Crippen molar-refractivity contribution in [3.8, 4) is 0 Å². The molecule has 1 aliphatic heterocycles. The predicted octanol–water partition coefficient (Wildman–Crippen LogP) is 2.21. The zero-order chi connectivity index (χ0) is 12.1. The fourth-order valence-electron chi connectivity index (χ4n) is 2.32. The molecule has 0 amide bonds. The molecule has 0 saturated carbocycles. The highest BCUT2D eigenvalue weighted by molar-refractivity contribution is 9.10. The van der Waals surface area contributed by atoms with Crippen LogP contribution in [-0.4, -0.2) is 35.6 Å². The van der Waals surface area contributed by atoms with Gasteiger partial charge in [-0.05, 0) is 41.7 Å². The summed E-state index contributed by atoms with van der Waals surface area (Å²) in [5.41, 5.74) is 0. The monoisotopic (exact) mass is 298 g/mol. The van der Waals surface area contributed by atoms with E-state index in [9.17, 15) is 0 Å². The standard InChI is InChI=1S/C12H19BrN4/c1-2-14-7-10-5-3-4-6-17(10)12-11(13)8-15-9-16-12/h8-10,14H,2-7H2,1H3. The van der Waals surface area contributed by atoms with E-state index in [1.54, 1.807) is 6.33 Å². The highest BCUT2D eigenvalue weighted by Gasteiger charge is 2.24. The van der Waals surface area contributed by atoms with Crippen LogP contribution in [0.5, 0.6) is 0 Å². The van der Waals surface area contributed by atoms with Crippen molar-refractivity contribution in [2.75, 3.05) is 24.5 Å². The minimum Gasteiger partial charge on any atom is -0.351 e. The average Bonchev–Trinajstić information content (AvgIpc) is 2.37. The molecule has 0 spiro atoms. The Labute approximate surface area is 111 Å². The van der Waals surface area contributed by atoms with Crippen LogP contribution in [0.4, 0.5) is 5.82 Å². The van der Waals surface area contributed by atoms with Crippen LogP contribution in [0.1, 0.15) is 26.2 Å². The Morgan fingerprint density at radius 3 is 3.18 bits per heavy atom. The van der Waals surface area contributed by atoms with E-state index in [-0.39, 0.29) is 0 Å². The molecule has 17 heavy (non-hydrogen) atoms. The summed E-state index contributed by atoms with van der Waals surface area (Å²) in [6.07, 6.45) is 7.25. The molecule has 4 nitrogen and oxygen atoms in total. The number of nitrogens with one attached hydrogen (secondary N) is 1. The van der Waals surface area contributed by atoms with Crippen LogP contribution in [0.25, 0.3) is 0 Å². The van der Waals surface area contributed by atoms with E-state index in [4.69, 9.17) is 0 Å². The van der Waals surface area contributed by atoms with Gasteiger partial charge in [-0.25, -0.2) is 9.97 Å². The van der Waals surface area contributed by atoms with Gasteiger partial charge in [0.05, 0.1) is 4.47 Å². The van der Waals surface area contributed by atoms with Crippen molar-refractivity contribution in [2.24, 2.45) is 0 Å². The van der Waals surface area contributed by atoms with Crippen molar-refractivity contribution in [2.45, 2.75) is 32.2 Å². The van der Waals surface area contributed by atoms with Gasteiger partial charge in [-0.15, -0.1) is 0 Å². The van der Waals surface area contributed by atoms with E-state index in [2.05, 4.69) is 43.0 Å². The van der Waals surface area contributed by atoms with Gasteiger partial charge in [-0.1, -0.05) is 6.92 Å². The van der Waals surface area contributed by atoms with E-state index in [1.807, 2.05) is 6.20 Å². The molecule has 1 unspecified atom stereocenters. The number of nitrogens with zero attached hydrogens (tertiary/aromatic N) is 3. The van der Waals surface area contributed by atoms with Crippen LogP contribution in [0.2, 0.25) is 0 Å². The van der Waals surface area contributed by atoms with Gasteiger partial charge in [0, 0.05) is 25.3 Å². The molecule has 1 atom stereocenters. The first kappa shape index (κ1) is 12.8. The van der Waals surface area contributed by atoms with Crippen molar-refractivity contribution in [1.29, 1.82) is 0 Å². The minimum atomic E-state index is 0.551. The number of hydrogen-bond donors (Lipinski definition) is 1. The molecule has 1 aliphatic rings. The Kier molecular flexibility index (Phi) is 4.74. The molecule has 0 aliphatic carbocycles. The number of anilines is 1. The number of halogens is 1. The second-order valence-electron chi connectivity index (χ2n) is 4.34. The maximum absolute atomic E-state index is 4.40. The third kappa shape index (κ3) is 3.16. The molecular formula is C12H19BrN4. The number of piperidine rings is 1. The molecule has 1 aromatic heterocycles. The lowest BCUT2D eigenvalue weighted by Crippen LogP contribution is -2.46. The second kappa shape index (κ2) is 6.31. The third-order valence-corrected chi connectivity index (χ3v) is 3.74. The Balaban J connectivity index is 2.13. The van der Waals surface area contributed by atoms with Crippen molar-refractivity contribution in [3.05, 3.63) is 17.0 Å². The highest BCUT2D eigenvalue weighted by Crippen LogP contribution is 2.28. The van der Waals surface area contributed by atoms with Crippen molar-refractivity contribution in [1.82, 2.24) is 15.3 Å². The largest absolute Gasteiger partial charge is 0.351 e. The van der Waals surface area contributed by atoms with Crippen molar-refractivity contribution in [3.63, 3.8) is 0 Å². The van der Waals surface area contributed by atoms with Gasteiger partial charge in [0.25, 0.3) is 0 Å². The van der Waals surface area contributed by atoms with Gasteiger partial charge in [0.1, 0.15) is 12.1 Å². The zero-order valence-electron chi connectivity index (χ0n) is 10.2. The third-order valence-electron chi connectivity index (χ3n) is 3.18. The molecule has 0 bridgehead atoms.